The van der Waals surface area contributed by atoms with Crippen LogP contribution in [-0.4, -0.2) is 33.2 Å². The Labute approximate surface area is 169 Å². The minimum atomic E-state index is -1.03. The summed E-state index contributed by atoms with van der Waals surface area (Å²) in [6, 6.07) is 15.8. The molecule has 2 fully saturated rings. The zero-order chi connectivity index (χ0) is 18.7. The third kappa shape index (κ3) is 2.08. The fourth-order valence-electron chi connectivity index (χ4n) is 3.43. The second kappa shape index (κ2) is 5.99. The zero-order valence-corrected chi connectivity index (χ0v) is 16.1. The SMILES string of the molecule is O=C1N(Cl)C2C(N(Cl)C(=O)[N@@+]2(Cl)c2ccccc2)[N+]1(Cl)c1ccccc1. The van der Waals surface area contributed by atoms with Crippen LogP contribution in [0.3, 0.4) is 0 Å². The largest absolute Gasteiger partial charge is 0.464 e. The molecule has 2 aliphatic rings. The summed E-state index contributed by atoms with van der Waals surface area (Å²) >= 11 is 26.1. The van der Waals surface area contributed by atoms with Crippen LogP contribution in [-0.2, 0) is 0 Å². The Bertz CT molecular complexity index is 813. The number of halogens is 4. The highest BCUT2D eigenvalue weighted by Crippen LogP contribution is 2.52. The van der Waals surface area contributed by atoms with Crippen molar-refractivity contribution in [2.24, 2.45) is 0 Å². The Balaban J connectivity index is 1.92. The molecule has 2 aromatic rings. The van der Waals surface area contributed by atoms with Crippen LogP contribution >= 0.6 is 47.1 Å². The number of para-hydroxylation sites is 2. The molecule has 4 rings (SSSR count). The normalized spacial score (nSPS) is 33.7. The molecule has 0 bridgehead atoms. The molecular formula is C16H12Cl4N4O2+2. The van der Waals surface area contributed by atoms with E-state index in [2.05, 4.69) is 0 Å². The smallest absolute Gasteiger partial charge is 0.203 e. The van der Waals surface area contributed by atoms with Crippen molar-refractivity contribution in [2.75, 3.05) is 0 Å². The van der Waals surface area contributed by atoms with Gasteiger partial charge in [0, 0.05) is 47.8 Å². The molecule has 10 heteroatoms. The molecule has 2 aliphatic heterocycles. The number of hydrogen-bond donors (Lipinski definition) is 0. The average Bonchev–Trinajstić information content (AvgIpc) is 3.02. The number of rotatable bonds is 2. The van der Waals surface area contributed by atoms with E-state index < -0.39 is 32.4 Å². The van der Waals surface area contributed by atoms with Gasteiger partial charge in [-0.1, -0.05) is 44.4 Å². The van der Waals surface area contributed by atoms with Crippen molar-refractivity contribution in [3.63, 3.8) is 0 Å². The molecule has 3 unspecified atom stereocenters. The van der Waals surface area contributed by atoms with E-state index in [9.17, 15) is 9.59 Å². The van der Waals surface area contributed by atoms with Gasteiger partial charge >= 0.3 is 12.1 Å². The second-order valence-corrected chi connectivity index (χ2v) is 7.75. The van der Waals surface area contributed by atoms with Gasteiger partial charge in [-0.2, -0.15) is 0 Å². The topological polar surface area (TPSA) is 40.6 Å². The number of hydrogen-bond acceptors (Lipinski definition) is 2. The summed E-state index contributed by atoms with van der Waals surface area (Å²) < 4.78 is 0.101. The molecule has 6 nitrogen and oxygen atoms in total. The average molecular weight is 434 g/mol. The van der Waals surface area contributed by atoms with Gasteiger partial charge in [0.25, 0.3) is 12.3 Å². The van der Waals surface area contributed by atoms with Crippen LogP contribution in [0.25, 0.3) is 0 Å². The molecule has 0 saturated carbocycles. The lowest BCUT2D eigenvalue weighted by molar-refractivity contribution is 0.198. The van der Waals surface area contributed by atoms with Crippen LogP contribution in [0.15, 0.2) is 60.7 Å². The van der Waals surface area contributed by atoms with Gasteiger partial charge < -0.3 is 0 Å². The number of quaternary nitrogens is 2. The first-order valence-electron chi connectivity index (χ1n) is 7.61. The number of benzene rings is 2. The third-order valence-electron chi connectivity index (χ3n) is 4.65. The van der Waals surface area contributed by atoms with Crippen LogP contribution in [0, 0.1) is 0 Å². The summed E-state index contributed by atoms with van der Waals surface area (Å²) in [5.41, 5.74) is 0.850. The predicted molar refractivity (Wildman–Crippen MR) is 102 cm³/mol. The molecule has 0 aliphatic carbocycles. The number of carbonyl (C=O) groups is 2. The Morgan fingerprint density at radius 3 is 1.27 bits per heavy atom. The fraction of sp³-hybridized carbons (Fsp3) is 0.125. The molecule has 2 aromatic carbocycles. The summed E-state index contributed by atoms with van der Waals surface area (Å²) in [7, 11) is 0. The number of nitrogens with zero attached hydrogens (tertiary/aromatic N) is 4. The van der Waals surface area contributed by atoms with Gasteiger partial charge in [0.05, 0.1) is 0 Å². The minimum Gasteiger partial charge on any atom is -0.203 e. The van der Waals surface area contributed by atoms with E-state index in [1.165, 1.54) is 0 Å². The summed E-state index contributed by atoms with van der Waals surface area (Å²) in [6.07, 6.45) is -2.06. The Kier molecular flexibility index (Phi) is 4.11. The van der Waals surface area contributed by atoms with Crippen molar-refractivity contribution in [3.05, 3.63) is 60.7 Å². The van der Waals surface area contributed by atoms with E-state index in [1.54, 1.807) is 60.7 Å². The molecule has 0 spiro atoms. The standard InChI is InChI=1S/C16H12Cl4N4O2/c17-21-13-14(24(20,16(21)26)12-9-5-2-6-10-12)22(18)15(25)23(13,19)11-7-3-1-4-8-11/h1-10,13-14H/q+2/t13?,14?,23-,24?/m1/s1. The Morgan fingerprint density at radius 2 is 0.962 bits per heavy atom. The summed E-state index contributed by atoms with van der Waals surface area (Å²) in [4.78, 5) is 26.0. The molecule has 0 radical (unpaired) electrons. The number of fused-ring (bicyclic) bond motifs is 1. The molecule has 134 valence electrons. The van der Waals surface area contributed by atoms with Crippen molar-refractivity contribution in [2.45, 2.75) is 12.3 Å². The summed E-state index contributed by atoms with van der Waals surface area (Å²) in [5, 5.41) is 0. The van der Waals surface area contributed by atoms with E-state index in [0.717, 1.165) is 8.84 Å². The lowest BCUT2D eigenvalue weighted by Gasteiger charge is -2.25. The van der Waals surface area contributed by atoms with Crippen LogP contribution in [0.4, 0.5) is 21.0 Å². The second-order valence-electron chi connectivity index (χ2n) is 5.96. The quantitative estimate of drug-likeness (QED) is 0.615. The van der Waals surface area contributed by atoms with Gasteiger partial charge in [-0.05, 0) is 0 Å². The van der Waals surface area contributed by atoms with Crippen LogP contribution < -0.4 is 8.00 Å². The van der Waals surface area contributed by atoms with Crippen molar-refractivity contribution >= 4 is 70.5 Å². The fourth-order valence-corrected chi connectivity index (χ4v) is 5.06. The van der Waals surface area contributed by atoms with Crippen LogP contribution in [0.2, 0.25) is 0 Å². The van der Waals surface area contributed by atoms with E-state index in [4.69, 9.17) is 47.1 Å². The Hall–Kier alpha value is -1.54. The van der Waals surface area contributed by atoms with Gasteiger partial charge in [-0.3, -0.25) is 0 Å². The highest BCUT2D eigenvalue weighted by molar-refractivity contribution is 6.42. The molecular weight excluding hydrogens is 422 g/mol. The van der Waals surface area contributed by atoms with Gasteiger partial charge in [0.15, 0.2) is 34.9 Å². The van der Waals surface area contributed by atoms with Gasteiger partial charge in [-0.15, -0.1) is 8.84 Å². The number of carbonyl (C=O) groups excluding carboxylic acids is 2. The summed E-state index contributed by atoms with van der Waals surface area (Å²) in [6.45, 7) is 0. The minimum absolute atomic E-state index is 0.425. The van der Waals surface area contributed by atoms with Crippen molar-refractivity contribution in [1.82, 2.24) is 16.8 Å². The van der Waals surface area contributed by atoms with E-state index in [-0.39, 0.29) is 0 Å². The molecule has 26 heavy (non-hydrogen) atoms. The maximum absolute atomic E-state index is 13.0. The van der Waals surface area contributed by atoms with Crippen molar-refractivity contribution in [3.8, 4) is 0 Å². The molecule has 0 aromatic heterocycles. The van der Waals surface area contributed by atoms with E-state index >= 15 is 0 Å². The monoisotopic (exact) mass is 432 g/mol. The third-order valence-corrected chi connectivity index (χ3v) is 6.42. The van der Waals surface area contributed by atoms with Crippen molar-refractivity contribution in [1.29, 1.82) is 0 Å². The van der Waals surface area contributed by atoms with Crippen LogP contribution in [0.5, 0.6) is 0 Å². The molecule has 0 N–H and O–H groups in total. The maximum atomic E-state index is 13.0. The van der Waals surface area contributed by atoms with E-state index in [1.807, 2.05) is 0 Å². The molecule has 2 heterocycles. The molecule has 4 amide bonds. The highest BCUT2D eigenvalue weighted by atomic mass is 35.5. The zero-order valence-electron chi connectivity index (χ0n) is 13.0. The number of urea groups is 2. The van der Waals surface area contributed by atoms with Gasteiger partial charge in [0.2, 0.25) is 0 Å². The lowest BCUT2D eigenvalue weighted by Crippen LogP contribution is -2.54. The van der Waals surface area contributed by atoms with E-state index in [0.29, 0.717) is 11.4 Å². The first-order valence-corrected chi connectivity index (χ1v) is 8.97. The van der Waals surface area contributed by atoms with Crippen molar-refractivity contribution < 1.29 is 9.59 Å². The van der Waals surface area contributed by atoms with Crippen LogP contribution in [0.1, 0.15) is 0 Å². The highest BCUT2D eigenvalue weighted by Gasteiger charge is 2.80. The number of amides is 4. The Morgan fingerprint density at radius 1 is 0.654 bits per heavy atom. The first-order chi connectivity index (χ1) is 12.3. The van der Waals surface area contributed by atoms with Gasteiger partial charge in [-0.25, -0.2) is 9.59 Å². The lowest BCUT2D eigenvalue weighted by atomic mass is 10.2. The summed E-state index contributed by atoms with van der Waals surface area (Å²) in [5.74, 6) is 0. The predicted octanol–water partition coefficient (Wildman–Crippen LogP) is 5.14. The molecule has 4 atom stereocenters. The maximum Gasteiger partial charge on any atom is 0.464 e. The first kappa shape index (κ1) is 17.9. The van der Waals surface area contributed by atoms with Gasteiger partial charge in [0.1, 0.15) is 0 Å². The molecule has 2 saturated heterocycles.